The maximum Gasteiger partial charge on any atom is 0.276 e. The maximum absolute atomic E-state index is 12.7. The molecule has 0 radical (unpaired) electrons. The van der Waals surface area contributed by atoms with E-state index in [9.17, 15) is 13.2 Å². The van der Waals surface area contributed by atoms with Gasteiger partial charge in [0.1, 0.15) is 5.75 Å². The number of aromatic nitrogens is 3. The molecule has 25 heavy (non-hydrogen) atoms. The van der Waals surface area contributed by atoms with Gasteiger partial charge in [0.25, 0.3) is 5.91 Å². The zero-order chi connectivity index (χ0) is 18.2. The molecule has 3 rings (SSSR count). The predicted octanol–water partition coefficient (Wildman–Crippen LogP) is 0.843. The number of nitrogens with zero attached hydrogens (tertiary/aromatic N) is 4. The number of amides is 1. The van der Waals surface area contributed by atoms with E-state index < -0.39 is 9.84 Å². The minimum Gasteiger partial charge on any atom is -0.497 e. The zero-order valence-corrected chi connectivity index (χ0v) is 15.2. The summed E-state index contributed by atoms with van der Waals surface area (Å²) in [4.78, 5) is 14.2. The second kappa shape index (κ2) is 6.47. The van der Waals surface area contributed by atoms with Crippen molar-refractivity contribution in [3.63, 3.8) is 0 Å². The van der Waals surface area contributed by atoms with Crippen LogP contribution >= 0.6 is 0 Å². The van der Waals surface area contributed by atoms with Crippen molar-refractivity contribution in [1.29, 1.82) is 0 Å². The van der Waals surface area contributed by atoms with Crippen molar-refractivity contribution >= 4 is 15.7 Å². The van der Waals surface area contributed by atoms with Gasteiger partial charge in [-0.05, 0) is 37.6 Å². The third-order valence-corrected chi connectivity index (χ3v) is 6.24. The number of methoxy groups -OCH3 is 1. The van der Waals surface area contributed by atoms with Crippen molar-refractivity contribution in [3.8, 4) is 11.4 Å². The van der Waals surface area contributed by atoms with Gasteiger partial charge in [-0.2, -0.15) is 0 Å². The van der Waals surface area contributed by atoms with Crippen LogP contribution in [0.2, 0.25) is 0 Å². The number of hydrogen-bond acceptors (Lipinski definition) is 6. The van der Waals surface area contributed by atoms with Crippen molar-refractivity contribution in [2.45, 2.75) is 19.4 Å². The van der Waals surface area contributed by atoms with Gasteiger partial charge in [-0.25, -0.2) is 13.1 Å². The van der Waals surface area contributed by atoms with Crippen LogP contribution in [0.15, 0.2) is 24.3 Å². The number of hydrogen-bond donors (Lipinski definition) is 0. The van der Waals surface area contributed by atoms with Crippen LogP contribution in [0.25, 0.3) is 5.69 Å². The Morgan fingerprint density at radius 3 is 2.56 bits per heavy atom. The number of rotatable bonds is 4. The van der Waals surface area contributed by atoms with Crippen molar-refractivity contribution in [2.24, 2.45) is 0 Å². The molecule has 8 nitrogen and oxygen atoms in total. The van der Waals surface area contributed by atoms with Crippen molar-refractivity contribution < 1.29 is 17.9 Å². The van der Waals surface area contributed by atoms with Gasteiger partial charge in [0, 0.05) is 13.1 Å². The standard InChI is InChI=1S/C16H20N4O4S/c1-11-15(16(21)19(2)13-8-9-25(22,23)10-13)17-18-20(11)12-4-6-14(24-3)7-5-12/h4-7,13H,8-10H2,1-3H3. The van der Waals surface area contributed by atoms with E-state index >= 15 is 0 Å². The summed E-state index contributed by atoms with van der Waals surface area (Å²) >= 11 is 0. The summed E-state index contributed by atoms with van der Waals surface area (Å²) in [6, 6.07) is 6.92. The Morgan fingerprint density at radius 1 is 1.32 bits per heavy atom. The monoisotopic (exact) mass is 364 g/mol. The molecule has 1 unspecified atom stereocenters. The first-order chi connectivity index (χ1) is 11.8. The minimum absolute atomic E-state index is 0.000897. The van der Waals surface area contributed by atoms with Gasteiger partial charge >= 0.3 is 0 Å². The second-order valence-corrected chi connectivity index (χ2v) is 8.33. The summed E-state index contributed by atoms with van der Waals surface area (Å²) in [6.45, 7) is 1.76. The van der Waals surface area contributed by atoms with E-state index in [2.05, 4.69) is 10.3 Å². The zero-order valence-electron chi connectivity index (χ0n) is 14.3. The van der Waals surface area contributed by atoms with Gasteiger partial charge in [-0.3, -0.25) is 4.79 Å². The number of carbonyl (C=O) groups is 1. The quantitative estimate of drug-likeness (QED) is 0.798. The third kappa shape index (κ3) is 3.37. The molecule has 1 amide bonds. The van der Waals surface area contributed by atoms with Crippen LogP contribution in [0.3, 0.4) is 0 Å². The fraction of sp³-hybridized carbons (Fsp3) is 0.438. The first kappa shape index (κ1) is 17.4. The first-order valence-electron chi connectivity index (χ1n) is 7.86. The second-order valence-electron chi connectivity index (χ2n) is 6.11. The summed E-state index contributed by atoms with van der Waals surface area (Å²) in [5.74, 6) is 0.521. The van der Waals surface area contributed by atoms with Crippen LogP contribution in [0, 0.1) is 6.92 Å². The third-order valence-electron chi connectivity index (χ3n) is 4.49. The summed E-state index contributed by atoms with van der Waals surface area (Å²) in [5.41, 5.74) is 1.58. The Labute approximate surface area is 146 Å². The molecule has 134 valence electrons. The van der Waals surface area contributed by atoms with Crippen LogP contribution in [-0.2, 0) is 9.84 Å². The van der Waals surface area contributed by atoms with E-state index in [0.717, 1.165) is 11.4 Å². The molecular weight excluding hydrogens is 344 g/mol. The highest BCUT2D eigenvalue weighted by atomic mass is 32.2. The molecule has 0 N–H and O–H groups in total. The lowest BCUT2D eigenvalue weighted by Crippen LogP contribution is -2.38. The molecule has 1 atom stereocenters. The molecule has 0 aliphatic carbocycles. The average Bonchev–Trinajstić information content (AvgIpc) is 3.16. The normalized spacial score (nSPS) is 18.9. The van der Waals surface area contributed by atoms with Crippen molar-refractivity contribution in [1.82, 2.24) is 19.9 Å². The lowest BCUT2D eigenvalue weighted by Gasteiger charge is -2.22. The van der Waals surface area contributed by atoms with Gasteiger partial charge < -0.3 is 9.64 Å². The number of carbonyl (C=O) groups excluding carboxylic acids is 1. The van der Waals surface area contributed by atoms with Gasteiger partial charge in [0.2, 0.25) is 0 Å². The Balaban J connectivity index is 1.83. The van der Waals surface area contributed by atoms with Gasteiger partial charge in [-0.1, -0.05) is 5.21 Å². The summed E-state index contributed by atoms with van der Waals surface area (Å²) in [6.07, 6.45) is 0.455. The molecule has 0 spiro atoms. The molecular formula is C16H20N4O4S. The Hall–Kier alpha value is -2.42. The van der Waals surface area contributed by atoms with E-state index in [1.165, 1.54) is 4.90 Å². The lowest BCUT2D eigenvalue weighted by atomic mass is 10.2. The molecule has 1 aromatic carbocycles. The maximum atomic E-state index is 12.7. The summed E-state index contributed by atoms with van der Waals surface area (Å²) in [5, 5.41) is 8.06. The molecule has 0 bridgehead atoms. The largest absolute Gasteiger partial charge is 0.497 e. The van der Waals surface area contributed by atoms with E-state index in [1.807, 2.05) is 12.1 Å². The van der Waals surface area contributed by atoms with Crippen LogP contribution in [-0.4, -0.2) is 65.9 Å². The average molecular weight is 364 g/mol. The fourth-order valence-corrected chi connectivity index (χ4v) is 4.68. The molecule has 2 heterocycles. The van der Waals surface area contributed by atoms with Crippen LogP contribution in [0.4, 0.5) is 0 Å². The lowest BCUT2D eigenvalue weighted by molar-refractivity contribution is 0.0741. The molecule has 1 aromatic heterocycles. The highest BCUT2D eigenvalue weighted by molar-refractivity contribution is 7.91. The first-order valence-corrected chi connectivity index (χ1v) is 9.69. The van der Waals surface area contributed by atoms with Crippen molar-refractivity contribution in [2.75, 3.05) is 25.7 Å². The van der Waals surface area contributed by atoms with Crippen LogP contribution in [0.1, 0.15) is 22.6 Å². The van der Waals surface area contributed by atoms with Crippen LogP contribution in [0.5, 0.6) is 5.75 Å². The Bertz CT molecular complexity index is 889. The van der Waals surface area contributed by atoms with Crippen LogP contribution < -0.4 is 4.74 Å². The van der Waals surface area contributed by atoms with Gasteiger partial charge in [0.05, 0.1) is 30.0 Å². The number of ether oxygens (including phenoxy) is 1. The summed E-state index contributed by atoms with van der Waals surface area (Å²) < 4.78 is 30.0. The molecule has 1 saturated heterocycles. The molecule has 2 aromatic rings. The van der Waals surface area contributed by atoms with E-state index in [0.29, 0.717) is 12.1 Å². The number of sulfone groups is 1. The van der Waals surface area contributed by atoms with E-state index in [-0.39, 0.29) is 29.1 Å². The molecule has 1 fully saturated rings. The van der Waals surface area contributed by atoms with Gasteiger partial charge in [-0.15, -0.1) is 5.10 Å². The smallest absolute Gasteiger partial charge is 0.276 e. The Kier molecular flexibility index (Phi) is 4.51. The van der Waals surface area contributed by atoms with E-state index in [4.69, 9.17) is 4.74 Å². The molecule has 1 aliphatic heterocycles. The fourth-order valence-electron chi connectivity index (χ4n) is 2.91. The predicted molar refractivity (Wildman–Crippen MR) is 91.8 cm³/mol. The molecule has 0 saturated carbocycles. The molecule has 9 heteroatoms. The SMILES string of the molecule is COc1ccc(-n2nnc(C(=O)N(C)C3CCS(=O)(=O)C3)c2C)cc1. The van der Waals surface area contributed by atoms with Gasteiger partial charge in [0.15, 0.2) is 15.5 Å². The number of benzene rings is 1. The topological polar surface area (TPSA) is 94.4 Å². The Morgan fingerprint density at radius 2 is 2.00 bits per heavy atom. The highest BCUT2D eigenvalue weighted by Crippen LogP contribution is 2.21. The molecule has 1 aliphatic rings. The highest BCUT2D eigenvalue weighted by Gasteiger charge is 2.34. The summed E-state index contributed by atoms with van der Waals surface area (Å²) in [7, 11) is 0.142. The van der Waals surface area contributed by atoms with Crippen molar-refractivity contribution in [3.05, 3.63) is 35.7 Å². The van der Waals surface area contributed by atoms with E-state index in [1.54, 1.807) is 37.9 Å². The minimum atomic E-state index is -3.06.